The van der Waals surface area contributed by atoms with E-state index in [2.05, 4.69) is 21.5 Å². The third-order valence-corrected chi connectivity index (χ3v) is 1.84. The number of nitrogens with two attached hydrogens (primary N) is 1. The van der Waals surface area contributed by atoms with E-state index in [0.717, 1.165) is 0 Å². The third kappa shape index (κ3) is 1.08. The molecule has 0 atom stereocenters. The minimum atomic E-state index is -0.312. The summed E-state index contributed by atoms with van der Waals surface area (Å²) in [6, 6.07) is 0. The van der Waals surface area contributed by atoms with E-state index in [-0.39, 0.29) is 11.5 Å². The Hall–Kier alpha value is -2.11. The van der Waals surface area contributed by atoms with Gasteiger partial charge in [0.1, 0.15) is 6.33 Å². The van der Waals surface area contributed by atoms with E-state index in [1.54, 1.807) is 11.5 Å². The van der Waals surface area contributed by atoms with Gasteiger partial charge in [-0.25, -0.2) is 4.98 Å². The summed E-state index contributed by atoms with van der Waals surface area (Å²) in [4.78, 5) is 21.8. The molecule has 0 aliphatic heterocycles. The number of nitrogens with one attached hydrogen (secondary N) is 1. The number of nitrogens with zero attached hydrogens (tertiary/aromatic N) is 3. The number of fused-ring (bicyclic) bond motifs is 1. The molecule has 0 saturated carbocycles. The molecule has 0 bridgehead atoms. The highest BCUT2D eigenvalue weighted by atomic mass is 16.1. The zero-order chi connectivity index (χ0) is 10.3. The van der Waals surface area contributed by atoms with Crippen molar-refractivity contribution in [1.29, 1.82) is 0 Å². The van der Waals surface area contributed by atoms with Crippen molar-refractivity contribution in [3.05, 3.63) is 23.3 Å². The van der Waals surface area contributed by atoms with E-state index in [9.17, 15) is 4.79 Å². The lowest BCUT2D eigenvalue weighted by Crippen LogP contribution is -2.13. The lowest BCUT2D eigenvalue weighted by molar-refractivity contribution is 1.09. The first-order chi connectivity index (χ1) is 6.59. The summed E-state index contributed by atoms with van der Waals surface area (Å²) in [7, 11) is 0. The Labute approximate surface area is 79.1 Å². The van der Waals surface area contributed by atoms with Crippen LogP contribution in [0.1, 0.15) is 6.92 Å². The number of aromatic amines is 1. The molecule has 0 saturated heterocycles. The molecular weight excluding hydrogens is 182 g/mol. The highest BCUT2D eigenvalue weighted by Crippen LogP contribution is 2.09. The van der Waals surface area contributed by atoms with Gasteiger partial charge in [0.2, 0.25) is 5.95 Å². The standard InChI is InChI=1S/C8H9N5O/c1-4(2)13-3-10-6-5(13)7(14)12-8(9)11-6/h3H,1H2,2H3,(H3,9,11,12,14). The average Bonchev–Trinajstić information content (AvgIpc) is 2.47. The molecule has 6 heteroatoms. The van der Waals surface area contributed by atoms with Crippen molar-refractivity contribution in [3.63, 3.8) is 0 Å². The van der Waals surface area contributed by atoms with E-state index in [4.69, 9.17) is 5.73 Å². The van der Waals surface area contributed by atoms with E-state index < -0.39 is 0 Å². The molecular formula is C8H9N5O. The highest BCUT2D eigenvalue weighted by molar-refractivity contribution is 5.74. The van der Waals surface area contributed by atoms with Crippen molar-refractivity contribution in [2.45, 2.75) is 6.92 Å². The first kappa shape index (κ1) is 8.49. The number of anilines is 1. The molecule has 0 aromatic carbocycles. The molecule has 72 valence electrons. The van der Waals surface area contributed by atoms with E-state index in [1.165, 1.54) is 6.33 Å². The first-order valence-electron chi connectivity index (χ1n) is 3.98. The molecule has 2 aromatic rings. The Morgan fingerprint density at radius 3 is 3.07 bits per heavy atom. The van der Waals surface area contributed by atoms with Crippen LogP contribution in [-0.4, -0.2) is 19.5 Å². The van der Waals surface area contributed by atoms with Crippen LogP contribution in [0.5, 0.6) is 0 Å². The lowest BCUT2D eigenvalue weighted by Gasteiger charge is -1.99. The summed E-state index contributed by atoms with van der Waals surface area (Å²) in [5.74, 6) is 0.0643. The molecule has 2 rings (SSSR count). The lowest BCUT2D eigenvalue weighted by atomic mass is 10.5. The first-order valence-corrected chi connectivity index (χ1v) is 3.98. The van der Waals surface area contributed by atoms with E-state index in [0.29, 0.717) is 16.9 Å². The van der Waals surface area contributed by atoms with E-state index >= 15 is 0 Å². The Bertz CT molecular complexity index is 565. The van der Waals surface area contributed by atoms with Gasteiger partial charge in [0, 0.05) is 5.70 Å². The molecule has 14 heavy (non-hydrogen) atoms. The number of aromatic nitrogens is 4. The fourth-order valence-corrected chi connectivity index (χ4v) is 1.24. The van der Waals surface area contributed by atoms with Gasteiger partial charge in [0.25, 0.3) is 5.56 Å². The summed E-state index contributed by atoms with van der Waals surface area (Å²) in [6.45, 7) is 5.50. The van der Waals surface area contributed by atoms with Crippen LogP contribution in [0.25, 0.3) is 16.9 Å². The third-order valence-electron chi connectivity index (χ3n) is 1.84. The zero-order valence-corrected chi connectivity index (χ0v) is 7.61. The maximum absolute atomic E-state index is 11.5. The van der Waals surface area contributed by atoms with E-state index in [1.807, 2.05) is 0 Å². The van der Waals surface area contributed by atoms with Crippen LogP contribution >= 0.6 is 0 Å². The van der Waals surface area contributed by atoms with Gasteiger partial charge in [-0.3, -0.25) is 14.3 Å². The number of nitrogen functional groups attached to an aromatic ring is 1. The molecule has 2 aromatic heterocycles. The van der Waals surface area contributed by atoms with Gasteiger partial charge >= 0.3 is 0 Å². The molecule has 0 amide bonds. The van der Waals surface area contributed by atoms with Crippen molar-refractivity contribution in [2.24, 2.45) is 0 Å². The molecule has 3 N–H and O–H groups in total. The largest absolute Gasteiger partial charge is 0.369 e. The van der Waals surface area contributed by atoms with Gasteiger partial charge in [0.15, 0.2) is 11.2 Å². The number of hydrogen-bond donors (Lipinski definition) is 2. The average molecular weight is 191 g/mol. The number of hydrogen-bond acceptors (Lipinski definition) is 4. The molecule has 0 spiro atoms. The van der Waals surface area contributed by atoms with Crippen LogP contribution in [-0.2, 0) is 0 Å². The topological polar surface area (TPSA) is 89.6 Å². The predicted octanol–water partition coefficient (Wildman–Crippen LogP) is 0.192. The van der Waals surface area contributed by atoms with Gasteiger partial charge in [-0.1, -0.05) is 6.58 Å². The van der Waals surface area contributed by atoms with Crippen LogP contribution in [0.2, 0.25) is 0 Å². The summed E-state index contributed by atoms with van der Waals surface area (Å²) in [5, 5.41) is 0. The van der Waals surface area contributed by atoms with Crippen molar-refractivity contribution in [2.75, 3.05) is 5.73 Å². The highest BCUT2D eigenvalue weighted by Gasteiger charge is 2.08. The summed E-state index contributed by atoms with van der Waals surface area (Å²) in [6.07, 6.45) is 1.49. The maximum atomic E-state index is 11.5. The second-order valence-electron chi connectivity index (χ2n) is 2.97. The molecule has 0 radical (unpaired) electrons. The van der Waals surface area contributed by atoms with Gasteiger partial charge in [-0.2, -0.15) is 4.98 Å². The van der Waals surface area contributed by atoms with Crippen LogP contribution in [0, 0.1) is 0 Å². The quantitative estimate of drug-likeness (QED) is 0.673. The minimum Gasteiger partial charge on any atom is -0.369 e. The van der Waals surface area contributed by atoms with Gasteiger partial charge in [-0.05, 0) is 6.92 Å². The SMILES string of the molecule is C=C(C)n1cnc2nc(N)[nH]c(=O)c21. The zero-order valence-electron chi connectivity index (χ0n) is 7.61. The number of rotatable bonds is 1. The fourth-order valence-electron chi connectivity index (χ4n) is 1.24. The number of imidazole rings is 1. The smallest absolute Gasteiger partial charge is 0.278 e. The Balaban J connectivity index is 2.93. The molecule has 0 aliphatic rings. The van der Waals surface area contributed by atoms with Crippen molar-refractivity contribution >= 4 is 22.8 Å². The maximum Gasteiger partial charge on any atom is 0.278 e. The van der Waals surface area contributed by atoms with Crippen LogP contribution in [0.4, 0.5) is 5.95 Å². The second kappa shape index (κ2) is 2.69. The Morgan fingerprint density at radius 1 is 1.71 bits per heavy atom. The monoisotopic (exact) mass is 191 g/mol. The number of allylic oxidation sites excluding steroid dienone is 1. The normalized spacial score (nSPS) is 10.6. The molecule has 2 heterocycles. The summed E-state index contributed by atoms with van der Waals surface area (Å²) >= 11 is 0. The van der Waals surface area contributed by atoms with Crippen molar-refractivity contribution in [3.8, 4) is 0 Å². The van der Waals surface area contributed by atoms with Gasteiger partial charge in [0.05, 0.1) is 0 Å². The van der Waals surface area contributed by atoms with Crippen molar-refractivity contribution < 1.29 is 0 Å². The molecule has 6 nitrogen and oxygen atoms in total. The minimum absolute atomic E-state index is 0.0643. The van der Waals surface area contributed by atoms with Crippen molar-refractivity contribution in [1.82, 2.24) is 19.5 Å². The Kier molecular flexibility index (Phi) is 1.63. The van der Waals surface area contributed by atoms with Gasteiger partial charge in [-0.15, -0.1) is 0 Å². The van der Waals surface area contributed by atoms with Crippen LogP contribution in [0.3, 0.4) is 0 Å². The molecule has 0 aliphatic carbocycles. The number of H-pyrrole nitrogens is 1. The fraction of sp³-hybridized carbons (Fsp3) is 0.125. The second-order valence-corrected chi connectivity index (χ2v) is 2.97. The summed E-state index contributed by atoms with van der Waals surface area (Å²) < 4.78 is 1.57. The molecule has 0 fully saturated rings. The molecule has 0 unspecified atom stereocenters. The van der Waals surface area contributed by atoms with Gasteiger partial charge < -0.3 is 5.73 Å². The summed E-state index contributed by atoms with van der Waals surface area (Å²) in [5.41, 5.74) is 6.45. The van der Waals surface area contributed by atoms with Crippen LogP contribution < -0.4 is 11.3 Å². The Morgan fingerprint density at radius 2 is 2.43 bits per heavy atom. The predicted molar refractivity (Wildman–Crippen MR) is 53.6 cm³/mol. The van der Waals surface area contributed by atoms with Crippen LogP contribution in [0.15, 0.2) is 17.7 Å².